The maximum Gasteiger partial charge on any atom is 0.338 e. The molecule has 2 aliphatic rings. The number of ether oxygens (including phenoxy) is 3. The zero-order valence-corrected chi connectivity index (χ0v) is 18.7. The normalized spacial score (nSPS) is 16.8. The number of carbonyl (C=O) groups excluding carboxylic acids is 4. The second kappa shape index (κ2) is 7.89. The van der Waals surface area contributed by atoms with E-state index < -0.39 is 17.5 Å². The van der Waals surface area contributed by atoms with E-state index in [2.05, 4.69) is 0 Å². The predicted octanol–water partition coefficient (Wildman–Crippen LogP) is 3.59. The molecular formula is C25H24O7. The van der Waals surface area contributed by atoms with E-state index in [1.165, 1.54) is 27.4 Å². The second-order valence-electron chi connectivity index (χ2n) is 8.16. The molecule has 7 heteroatoms. The Balaban J connectivity index is 2.10. The Hall–Kier alpha value is -3.48. The van der Waals surface area contributed by atoms with Crippen molar-refractivity contribution in [2.45, 2.75) is 33.1 Å². The van der Waals surface area contributed by atoms with Gasteiger partial charge in [0.05, 0.1) is 38.0 Å². The van der Waals surface area contributed by atoms with Crippen molar-refractivity contribution >= 4 is 23.3 Å². The minimum atomic E-state index is -0.633. The van der Waals surface area contributed by atoms with Gasteiger partial charge in [-0.15, -0.1) is 0 Å². The van der Waals surface area contributed by atoms with Gasteiger partial charge in [0.25, 0.3) is 0 Å². The zero-order chi connectivity index (χ0) is 23.3. The van der Waals surface area contributed by atoms with Crippen molar-refractivity contribution in [2.24, 2.45) is 5.92 Å². The fraction of sp³-hybridized carbons (Fsp3) is 0.360. The second-order valence-corrected chi connectivity index (χ2v) is 8.16. The molecule has 2 aromatic rings. The van der Waals surface area contributed by atoms with Crippen molar-refractivity contribution in [1.82, 2.24) is 0 Å². The minimum Gasteiger partial charge on any atom is -0.496 e. The highest BCUT2D eigenvalue weighted by molar-refractivity contribution is 6.33. The Bertz CT molecular complexity index is 1210. The summed E-state index contributed by atoms with van der Waals surface area (Å²) >= 11 is 0. The lowest BCUT2D eigenvalue weighted by Gasteiger charge is -2.29. The van der Waals surface area contributed by atoms with Gasteiger partial charge in [-0.05, 0) is 36.5 Å². The van der Waals surface area contributed by atoms with Crippen molar-refractivity contribution in [2.75, 3.05) is 21.3 Å². The van der Waals surface area contributed by atoms with E-state index in [4.69, 9.17) is 14.2 Å². The molecule has 4 rings (SSSR count). The molecule has 0 spiro atoms. The van der Waals surface area contributed by atoms with Gasteiger partial charge in [-0.3, -0.25) is 14.4 Å². The van der Waals surface area contributed by atoms with Crippen molar-refractivity contribution in [3.63, 3.8) is 0 Å². The molecule has 0 bridgehead atoms. The molecular weight excluding hydrogens is 412 g/mol. The van der Waals surface area contributed by atoms with Crippen LogP contribution in [0.5, 0.6) is 11.5 Å². The number of hydrogen-bond acceptors (Lipinski definition) is 7. The van der Waals surface area contributed by atoms with Crippen molar-refractivity contribution < 1.29 is 33.4 Å². The van der Waals surface area contributed by atoms with E-state index in [0.717, 1.165) is 0 Å². The van der Waals surface area contributed by atoms with Crippen LogP contribution in [0.3, 0.4) is 0 Å². The number of ketones is 3. The summed E-state index contributed by atoms with van der Waals surface area (Å²) in [7, 11) is 4.06. The van der Waals surface area contributed by atoms with Crippen LogP contribution in [0.1, 0.15) is 84.0 Å². The molecule has 2 aromatic carbocycles. The fourth-order valence-electron chi connectivity index (χ4n) is 4.90. The van der Waals surface area contributed by atoms with Crippen LogP contribution in [-0.4, -0.2) is 44.6 Å². The van der Waals surface area contributed by atoms with Crippen LogP contribution in [0.15, 0.2) is 12.1 Å². The third-order valence-corrected chi connectivity index (χ3v) is 6.25. The quantitative estimate of drug-likeness (QED) is 0.577. The molecule has 0 N–H and O–H groups in total. The number of hydrogen-bond donors (Lipinski definition) is 0. The maximum atomic E-state index is 13.8. The molecule has 0 fully saturated rings. The van der Waals surface area contributed by atoms with Crippen LogP contribution >= 0.6 is 0 Å². The Kier molecular flexibility index (Phi) is 5.36. The summed E-state index contributed by atoms with van der Waals surface area (Å²) in [5.41, 5.74) is 1.83. The molecule has 1 unspecified atom stereocenters. The first-order valence-corrected chi connectivity index (χ1v) is 10.5. The zero-order valence-electron chi connectivity index (χ0n) is 18.7. The summed E-state index contributed by atoms with van der Waals surface area (Å²) in [6.45, 7) is 3.78. The summed E-state index contributed by atoms with van der Waals surface area (Å²) in [4.78, 5) is 53.0. The Labute approximate surface area is 185 Å². The first-order valence-electron chi connectivity index (χ1n) is 10.5. The molecule has 0 heterocycles. The summed E-state index contributed by atoms with van der Waals surface area (Å²) < 4.78 is 15.9. The largest absolute Gasteiger partial charge is 0.496 e. The van der Waals surface area contributed by atoms with Crippen LogP contribution in [0.2, 0.25) is 0 Å². The van der Waals surface area contributed by atoms with E-state index in [-0.39, 0.29) is 56.6 Å². The molecule has 0 aliphatic heterocycles. The lowest BCUT2D eigenvalue weighted by atomic mass is 9.73. The van der Waals surface area contributed by atoms with Gasteiger partial charge in [-0.2, -0.15) is 0 Å². The van der Waals surface area contributed by atoms with Gasteiger partial charge >= 0.3 is 5.97 Å². The fourth-order valence-corrected chi connectivity index (χ4v) is 4.90. The number of fused-ring (bicyclic) bond motifs is 4. The molecule has 0 amide bonds. The topological polar surface area (TPSA) is 96.0 Å². The third-order valence-electron chi connectivity index (χ3n) is 6.25. The lowest BCUT2D eigenvalue weighted by molar-refractivity contribution is 0.0598. The number of rotatable bonds is 4. The molecule has 32 heavy (non-hydrogen) atoms. The smallest absolute Gasteiger partial charge is 0.338 e. The third kappa shape index (κ3) is 2.95. The first kappa shape index (κ1) is 21.7. The molecule has 1 atom stereocenters. The highest BCUT2D eigenvalue weighted by Crippen LogP contribution is 2.44. The number of Topliss-reactive ketones (excluding diaryl/α,β-unsaturated/α-hetero) is 1. The predicted molar refractivity (Wildman–Crippen MR) is 115 cm³/mol. The molecule has 0 saturated carbocycles. The number of carbonyl (C=O) groups is 4. The molecule has 0 aromatic heterocycles. The number of benzene rings is 2. The first-order chi connectivity index (χ1) is 15.3. The summed E-state index contributed by atoms with van der Waals surface area (Å²) in [6, 6.07) is 3.07. The van der Waals surface area contributed by atoms with Crippen LogP contribution < -0.4 is 9.47 Å². The van der Waals surface area contributed by atoms with Crippen LogP contribution in [0.4, 0.5) is 0 Å². The van der Waals surface area contributed by atoms with Gasteiger partial charge in [-0.1, -0.05) is 13.8 Å². The number of esters is 1. The van der Waals surface area contributed by atoms with Crippen LogP contribution in [0, 0.1) is 5.92 Å². The van der Waals surface area contributed by atoms with Gasteiger partial charge in [0.2, 0.25) is 5.78 Å². The van der Waals surface area contributed by atoms with E-state index in [1.54, 1.807) is 6.07 Å². The molecule has 166 valence electrons. The van der Waals surface area contributed by atoms with Gasteiger partial charge in [-0.25, -0.2) is 4.79 Å². The molecule has 2 aliphatic carbocycles. The molecule has 0 radical (unpaired) electrons. The number of methoxy groups -OCH3 is 3. The highest BCUT2D eigenvalue weighted by atomic mass is 16.5. The Morgan fingerprint density at radius 2 is 1.66 bits per heavy atom. The summed E-state index contributed by atoms with van der Waals surface area (Å²) in [6.07, 6.45) is 1.28. The van der Waals surface area contributed by atoms with Crippen molar-refractivity contribution in [1.29, 1.82) is 0 Å². The molecule has 7 nitrogen and oxygen atoms in total. The van der Waals surface area contributed by atoms with E-state index >= 15 is 0 Å². The Morgan fingerprint density at radius 1 is 0.938 bits per heavy atom. The SMILES string of the molecule is CCc1c(C(=O)OC)cc2c(c1OC)C(=O)c1c(OC)cc3c(c1C2=O)C(=O)CC(C)C3. The van der Waals surface area contributed by atoms with Crippen LogP contribution in [-0.2, 0) is 17.6 Å². The average Bonchev–Trinajstić information content (AvgIpc) is 2.78. The molecule has 0 saturated heterocycles. The Morgan fingerprint density at radius 3 is 2.25 bits per heavy atom. The standard InChI is InChI=1S/C25H24O7/c1-6-13-14(25(29)32-5)10-15-19(24(13)31-4)23(28)20-17(30-3)9-12-7-11(2)8-16(26)18(12)21(20)22(15)27/h9-11H,6-8H2,1-5H3. The highest BCUT2D eigenvalue weighted by Gasteiger charge is 2.42. The minimum absolute atomic E-state index is 0.0267. The monoisotopic (exact) mass is 436 g/mol. The average molecular weight is 436 g/mol. The summed E-state index contributed by atoms with van der Waals surface area (Å²) in [5.74, 6) is -1.24. The van der Waals surface area contributed by atoms with Gasteiger partial charge in [0.15, 0.2) is 11.6 Å². The van der Waals surface area contributed by atoms with Gasteiger partial charge in [0.1, 0.15) is 11.5 Å². The van der Waals surface area contributed by atoms with Gasteiger partial charge < -0.3 is 14.2 Å². The van der Waals surface area contributed by atoms with E-state index in [1.807, 2.05) is 13.8 Å². The van der Waals surface area contributed by atoms with Crippen molar-refractivity contribution in [3.05, 3.63) is 56.6 Å². The van der Waals surface area contributed by atoms with E-state index in [0.29, 0.717) is 30.4 Å². The van der Waals surface area contributed by atoms with E-state index in [9.17, 15) is 19.2 Å². The maximum absolute atomic E-state index is 13.8. The van der Waals surface area contributed by atoms with Crippen LogP contribution in [0.25, 0.3) is 0 Å². The summed E-state index contributed by atoms with van der Waals surface area (Å²) in [5, 5.41) is 0. The lowest BCUT2D eigenvalue weighted by Crippen LogP contribution is -2.30. The van der Waals surface area contributed by atoms with Crippen molar-refractivity contribution in [3.8, 4) is 11.5 Å². The van der Waals surface area contributed by atoms with Gasteiger partial charge in [0, 0.05) is 28.7 Å².